The summed E-state index contributed by atoms with van der Waals surface area (Å²) in [6, 6.07) is 4.26. The number of benzene rings is 1. The summed E-state index contributed by atoms with van der Waals surface area (Å²) in [5.41, 5.74) is 0.498. The van der Waals surface area contributed by atoms with Gasteiger partial charge in [-0.3, -0.25) is 0 Å². The van der Waals surface area contributed by atoms with Crippen molar-refractivity contribution in [1.29, 1.82) is 0 Å². The van der Waals surface area contributed by atoms with Crippen LogP contribution in [0.3, 0.4) is 0 Å². The second-order valence-corrected chi connectivity index (χ2v) is 4.56. The topological polar surface area (TPSA) is 49.7 Å². The number of aliphatic hydroxyl groups is 2. The Bertz CT molecular complexity index is 347. The molecule has 0 bridgehead atoms. The molecule has 2 N–H and O–H groups in total. The molecule has 0 amide bonds. The summed E-state index contributed by atoms with van der Waals surface area (Å²) in [4.78, 5) is 0. The second-order valence-electron chi connectivity index (χ2n) is 3.53. The van der Waals surface area contributed by atoms with Crippen molar-refractivity contribution in [2.24, 2.45) is 0 Å². The molecular weight excluding hydrogens is 246 g/mol. The van der Waals surface area contributed by atoms with Gasteiger partial charge in [-0.1, -0.05) is 12.5 Å². The van der Waals surface area contributed by atoms with Crippen LogP contribution in [0.25, 0.3) is 0 Å². The zero-order valence-corrected chi connectivity index (χ0v) is 10.2. The molecule has 2 radical (unpaired) electrons. The highest BCUT2D eigenvalue weighted by molar-refractivity contribution is 6.26. The normalized spacial score (nSPS) is 11.1. The third-order valence-electron chi connectivity index (χ3n) is 2.18. The molecule has 0 aliphatic carbocycles. The first kappa shape index (κ1) is 14.2. The first-order valence-electron chi connectivity index (χ1n) is 5.28. The van der Waals surface area contributed by atoms with E-state index in [1.54, 1.807) is 0 Å². The summed E-state index contributed by atoms with van der Waals surface area (Å²) >= 11 is 0. The lowest BCUT2D eigenvalue weighted by Gasteiger charge is -2.05. The third kappa shape index (κ3) is 5.88. The predicted molar refractivity (Wildman–Crippen MR) is 59.2 cm³/mol. The van der Waals surface area contributed by atoms with Crippen LogP contribution in [0.1, 0.15) is 18.4 Å². The number of unbranched alkanes of at least 4 members (excludes halogenated alkanes) is 1. The molecule has 94 valence electrons. The summed E-state index contributed by atoms with van der Waals surface area (Å²) in [6.07, 6.45) is 2.08. The average Bonchev–Trinajstić information content (AvgIpc) is 2.25. The van der Waals surface area contributed by atoms with E-state index < -0.39 is 18.1 Å². The van der Waals surface area contributed by atoms with E-state index >= 15 is 0 Å². The first-order chi connectivity index (χ1) is 8.09. The van der Waals surface area contributed by atoms with E-state index in [4.69, 9.17) is 10.2 Å². The Labute approximate surface area is 101 Å². The van der Waals surface area contributed by atoms with E-state index in [1.807, 2.05) is 0 Å². The van der Waals surface area contributed by atoms with Gasteiger partial charge < -0.3 is 14.6 Å². The number of halogens is 2. The van der Waals surface area contributed by atoms with Gasteiger partial charge in [-0.05, 0) is 30.5 Å². The van der Waals surface area contributed by atoms with Crippen LogP contribution >= 0.6 is 0 Å². The molecule has 0 unspecified atom stereocenters. The average molecular weight is 260 g/mol. The molecule has 3 nitrogen and oxygen atoms in total. The Balaban J connectivity index is 2.18. The number of rotatable bonds is 7. The fourth-order valence-electron chi connectivity index (χ4n) is 1.37. The smallest absolute Gasteiger partial charge is 0.256 e. The van der Waals surface area contributed by atoms with Gasteiger partial charge in [0.1, 0.15) is 11.6 Å². The van der Waals surface area contributed by atoms with Gasteiger partial charge in [-0.15, -0.1) is 0 Å². The van der Waals surface area contributed by atoms with Crippen molar-refractivity contribution in [2.45, 2.75) is 31.8 Å². The van der Waals surface area contributed by atoms with E-state index in [-0.39, 0.29) is 9.76 Å². The summed E-state index contributed by atoms with van der Waals surface area (Å²) in [5.74, 6) is -1.09. The first-order valence-corrected chi connectivity index (χ1v) is 6.39. The molecule has 0 fully saturated rings. The molecule has 1 aromatic carbocycles. The summed E-state index contributed by atoms with van der Waals surface area (Å²) in [7, 11) is 0.0216. The second kappa shape index (κ2) is 7.49. The minimum Gasteiger partial charge on any atom is -0.372 e. The van der Waals surface area contributed by atoms with Crippen LogP contribution in [-0.4, -0.2) is 26.5 Å². The van der Waals surface area contributed by atoms with Crippen LogP contribution in [-0.2, 0) is 10.8 Å². The lowest BCUT2D eigenvalue weighted by molar-refractivity contribution is -0.180. The molecule has 0 saturated heterocycles. The highest BCUT2D eigenvalue weighted by atomic mass is 28.2. The number of aryl methyl sites for hydroxylation is 1. The van der Waals surface area contributed by atoms with Gasteiger partial charge >= 0.3 is 0 Å². The standard InChI is InChI=1S/C11H14F2O3Si/c12-9-5-4-8(10(13)7-9)3-1-2-6-17-16-11(14)15/h4-5,7,11,14-15H,1-3,6H2. The van der Waals surface area contributed by atoms with Crippen molar-refractivity contribution in [3.63, 3.8) is 0 Å². The van der Waals surface area contributed by atoms with Gasteiger partial charge in [-0.2, -0.15) is 0 Å². The number of hydrogen-bond acceptors (Lipinski definition) is 3. The van der Waals surface area contributed by atoms with E-state index in [1.165, 1.54) is 12.1 Å². The maximum Gasteiger partial charge on any atom is 0.256 e. The zero-order valence-electron chi connectivity index (χ0n) is 9.20. The maximum absolute atomic E-state index is 13.2. The number of hydrogen-bond donors (Lipinski definition) is 2. The summed E-state index contributed by atoms with van der Waals surface area (Å²) < 4.78 is 30.4. The van der Waals surface area contributed by atoms with E-state index in [0.29, 0.717) is 18.0 Å². The van der Waals surface area contributed by atoms with Crippen LogP contribution < -0.4 is 0 Å². The Morgan fingerprint density at radius 2 is 2.00 bits per heavy atom. The zero-order chi connectivity index (χ0) is 12.7. The van der Waals surface area contributed by atoms with Gasteiger partial charge in [0, 0.05) is 6.07 Å². The molecule has 0 aliphatic heterocycles. The van der Waals surface area contributed by atoms with Crippen molar-refractivity contribution in [3.8, 4) is 0 Å². The van der Waals surface area contributed by atoms with Gasteiger partial charge in [0.15, 0.2) is 0 Å². The monoisotopic (exact) mass is 260 g/mol. The maximum atomic E-state index is 13.2. The van der Waals surface area contributed by atoms with E-state index in [2.05, 4.69) is 4.43 Å². The van der Waals surface area contributed by atoms with E-state index in [9.17, 15) is 8.78 Å². The minimum atomic E-state index is -1.72. The molecule has 0 heterocycles. The molecule has 17 heavy (non-hydrogen) atoms. The minimum absolute atomic E-state index is 0.0216. The molecule has 0 saturated carbocycles. The summed E-state index contributed by atoms with van der Waals surface area (Å²) in [5, 5.41) is 16.8. The van der Waals surface area contributed by atoms with Crippen LogP contribution in [0.15, 0.2) is 18.2 Å². The van der Waals surface area contributed by atoms with Crippen LogP contribution in [0.4, 0.5) is 8.78 Å². The van der Waals surface area contributed by atoms with Crippen molar-refractivity contribution in [1.82, 2.24) is 0 Å². The van der Waals surface area contributed by atoms with Crippen molar-refractivity contribution in [2.75, 3.05) is 0 Å². The lowest BCUT2D eigenvalue weighted by atomic mass is 10.1. The third-order valence-corrected chi connectivity index (χ3v) is 3.11. The Morgan fingerprint density at radius 1 is 1.24 bits per heavy atom. The highest BCUT2D eigenvalue weighted by Crippen LogP contribution is 2.13. The quantitative estimate of drug-likeness (QED) is 0.445. The van der Waals surface area contributed by atoms with E-state index in [0.717, 1.165) is 18.9 Å². The molecule has 0 aromatic heterocycles. The van der Waals surface area contributed by atoms with Gasteiger partial charge in [0.25, 0.3) is 6.48 Å². The lowest BCUT2D eigenvalue weighted by Crippen LogP contribution is -2.13. The molecule has 0 atom stereocenters. The van der Waals surface area contributed by atoms with Crippen LogP contribution in [0.5, 0.6) is 0 Å². The molecule has 0 spiro atoms. The highest BCUT2D eigenvalue weighted by Gasteiger charge is 2.04. The van der Waals surface area contributed by atoms with Crippen molar-refractivity contribution < 1.29 is 23.4 Å². The Kier molecular flexibility index (Phi) is 6.28. The Morgan fingerprint density at radius 3 is 2.65 bits per heavy atom. The van der Waals surface area contributed by atoms with Crippen molar-refractivity contribution in [3.05, 3.63) is 35.4 Å². The van der Waals surface area contributed by atoms with Crippen LogP contribution in [0.2, 0.25) is 6.04 Å². The fourth-order valence-corrected chi connectivity index (χ4v) is 2.03. The molecule has 1 rings (SSSR count). The molecular formula is C11H14F2O3Si. The molecule has 1 aromatic rings. The summed E-state index contributed by atoms with van der Waals surface area (Å²) in [6.45, 7) is -1.72. The Hall–Kier alpha value is -0.823. The molecule has 6 heteroatoms. The van der Waals surface area contributed by atoms with Crippen LogP contribution in [0, 0.1) is 11.6 Å². The van der Waals surface area contributed by atoms with Gasteiger partial charge in [0.05, 0.1) is 0 Å². The fraction of sp³-hybridized carbons (Fsp3) is 0.455. The predicted octanol–water partition coefficient (Wildman–Crippen LogP) is 1.61. The number of aliphatic hydroxyl groups excluding tert-OH is 1. The van der Waals surface area contributed by atoms with Crippen molar-refractivity contribution >= 4 is 9.76 Å². The molecule has 0 aliphatic rings. The SMILES string of the molecule is OC(O)O[Si]CCCCc1ccc(F)cc1F. The largest absolute Gasteiger partial charge is 0.372 e. The van der Waals surface area contributed by atoms with Gasteiger partial charge in [0.2, 0.25) is 9.76 Å². The van der Waals surface area contributed by atoms with Gasteiger partial charge in [-0.25, -0.2) is 8.78 Å².